The van der Waals surface area contributed by atoms with Gasteiger partial charge in [0.15, 0.2) is 0 Å². The molecule has 3 heteroatoms. The number of benzene rings is 2. The van der Waals surface area contributed by atoms with E-state index in [2.05, 4.69) is 10.5 Å². The van der Waals surface area contributed by atoms with E-state index in [-0.39, 0.29) is 5.82 Å². The molecule has 0 saturated carbocycles. The third kappa shape index (κ3) is 3.17. The second kappa shape index (κ2) is 5.45. The third-order valence-corrected chi connectivity index (χ3v) is 2.67. The van der Waals surface area contributed by atoms with Crippen molar-refractivity contribution >= 4 is 11.4 Å². The first-order valence-corrected chi connectivity index (χ1v) is 5.78. The first kappa shape index (κ1) is 12.3. The van der Waals surface area contributed by atoms with E-state index in [1.807, 2.05) is 38.1 Å². The summed E-state index contributed by atoms with van der Waals surface area (Å²) in [7, 11) is 0. The van der Waals surface area contributed by atoms with Crippen LogP contribution in [0.25, 0.3) is 0 Å². The predicted molar refractivity (Wildman–Crippen MR) is 73.4 cm³/mol. The van der Waals surface area contributed by atoms with Crippen molar-refractivity contribution in [3.63, 3.8) is 0 Å². The molecule has 0 aromatic heterocycles. The lowest BCUT2D eigenvalue weighted by Crippen LogP contribution is -1.99. The van der Waals surface area contributed by atoms with Gasteiger partial charge in [0.25, 0.3) is 0 Å². The van der Waals surface area contributed by atoms with Gasteiger partial charge in [-0.3, -0.25) is 5.43 Å². The van der Waals surface area contributed by atoms with Crippen LogP contribution in [0.15, 0.2) is 53.6 Å². The van der Waals surface area contributed by atoms with Crippen LogP contribution < -0.4 is 5.43 Å². The summed E-state index contributed by atoms with van der Waals surface area (Å²) >= 11 is 0. The Morgan fingerprint density at radius 2 is 1.61 bits per heavy atom. The maximum absolute atomic E-state index is 12.7. The number of hydrogen-bond acceptors (Lipinski definition) is 2. The van der Waals surface area contributed by atoms with Crippen LogP contribution in [0.5, 0.6) is 0 Å². The van der Waals surface area contributed by atoms with Crippen LogP contribution in [0.2, 0.25) is 0 Å². The Morgan fingerprint density at radius 1 is 1.00 bits per heavy atom. The molecule has 0 radical (unpaired) electrons. The lowest BCUT2D eigenvalue weighted by molar-refractivity contribution is 0.628. The highest BCUT2D eigenvalue weighted by molar-refractivity contribution is 5.99. The van der Waals surface area contributed by atoms with E-state index in [9.17, 15) is 4.39 Å². The van der Waals surface area contributed by atoms with Gasteiger partial charge < -0.3 is 0 Å². The molecule has 0 heterocycles. The van der Waals surface area contributed by atoms with E-state index >= 15 is 0 Å². The highest BCUT2D eigenvalue weighted by Gasteiger charge is 1.97. The topological polar surface area (TPSA) is 24.4 Å². The zero-order valence-corrected chi connectivity index (χ0v) is 10.4. The van der Waals surface area contributed by atoms with Crippen molar-refractivity contribution in [3.8, 4) is 0 Å². The van der Waals surface area contributed by atoms with E-state index < -0.39 is 0 Å². The minimum Gasteiger partial charge on any atom is -0.278 e. The van der Waals surface area contributed by atoms with Gasteiger partial charge in [-0.2, -0.15) is 5.10 Å². The van der Waals surface area contributed by atoms with E-state index in [0.29, 0.717) is 0 Å². The molecular formula is C15H15FN2. The van der Waals surface area contributed by atoms with Gasteiger partial charge in [0.2, 0.25) is 0 Å². The van der Waals surface area contributed by atoms with Crippen LogP contribution in [-0.2, 0) is 0 Å². The van der Waals surface area contributed by atoms with Gasteiger partial charge in [-0.1, -0.05) is 29.8 Å². The molecule has 18 heavy (non-hydrogen) atoms. The zero-order valence-electron chi connectivity index (χ0n) is 10.4. The van der Waals surface area contributed by atoms with Crippen molar-refractivity contribution < 1.29 is 4.39 Å². The van der Waals surface area contributed by atoms with Gasteiger partial charge in [0.1, 0.15) is 5.82 Å². The molecule has 0 aliphatic carbocycles. The Hall–Kier alpha value is -2.16. The average Bonchev–Trinajstić information content (AvgIpc) is 2.38. The normalized spacial score (nSPS) is 11.4. The van der Waals surface area contributed by atoms with Crippen LogP contribution in [0, 0.1) is 12.7 Å². The molecule has 2 rings (SSSR count). The highest BCUT2D eigenvalue weighted by atomic mass is 19.1. The van der Waals surface area contributed by atoms with Gasteiger partial charge in [0.05, 0.1) is 11.4 Å². The molecule has 1 N–H and O–H groups in total. The van der Waals surface area contributed by atoms with Gasteiger partial charge >= 0.3 is 0 Å². The summed E-state index contributed by atoms with van der Waals surface area (Å²) in [6.45, 7) is 3.98. The molecule has 2 aromatic rings. The summed E-state index contributed by atoms with van der Waals surface area (Å²) in [6, 6.07) is 14.3. The van der Waals surface area contributed by atoms with Crippen LogP contribution in [0.4, 0.5) is 10.1 Å². The first-order chi connectivity index (χ1) is 8.65. The van der Waals surface area contributed by atoms with E-state index in [1.165, 1.54) is 17.7 Å². The summed E-state index contributed by atoms with van der Waals surface area (Å²) in [6.07, 6.45) is 0. The van der Waals surface area contributed by atoms with Crippen LogP contribution >= 0.6 is 0 Å². The van der Waals surface area contributed by atoms with Crippen molar-refractivity contribution in [2.75, 3.05) is 5.43 Å². The minimum atomic E-state index is -0.250. The lowest BCUT2D eigenvalue weighted by atomic mass is 10.1. The zero-order chi connectivity index (χ0) is 13.0. The average molecular weight is 242 g/mol. The summed E-state index contributed by atoms with van der Waals surface area (Å²) in [5.74, 6) is -0.250. The predicted octanol–water partition coefficient (Wildman–Crippen LogP) is 3.97. The second-order valence-electron chi connectivity index (χ2n) is 4.18. The summed E-state index contributed by atoms with van der Waals surface area (Å²) in [5, 5.41) is 4.27. The molecule has 0 atom stereocenters. The van der Waals surface area contributed by atoms with Crippen molar-refractivity contribution in [2.45, 2.75) is 13.8 Å². The van der Waals surface area contributed by atoms with Gasteiger partial charge in [-0.05, 0) is 43.7 Å². The summed E-state index contributed by atoms with van der Waals surface area (Å²) in [5.41, 5.74) is 6.85. The van der Waals surface area contributed by atoms with Crippen molar-refractivity contribution in [1.82, 2.24) is 0 Å². The Kier molecular flexibility index (Phi) is 3.72. The van der Waals surface area contributed by atoms with E-state index in [1.54, 1.807) is 12.1 Å². The molecule has 0 bridgehead atoms. The third-order valence-electron chi connectivity index (χ3n) is 2.67. The standard InChI is InChI=1S/C15H15FN2/c1-11-3-5-13(6-4-11)12(2)17-18-15-9-7-14(16)8-10-15/h3-10,18H,1-2H3/b17-12+. The number of anilines is 1. The van der Waals surface area contributed by atoms with Gasteiger partial charge in [0, 0.05) is 0 Å². The van der Waals surface area contributed by atoms with Gasteiger partial charge in [-0.25, -0.2) is 4.39 Å². The first-order valence-electron chi connectivity index (χ1n) is 5.78. The van der Waals surface area contributed by atoms with Crippen molar-refractivity contribution in [2.24, 2.45) is 5.10 Å². The van der Waals surface area contributed by atoms with Gasteiger partial charge in [-0.15, -0.1) is 0 Å². The Labute approximate surface area is 106 Å². The van der Waals surface area contributed by atoms with Crippen molar-refractivity contribution in [1.29, 1.82) is 0 Å². The number of aryl methyl sites for hydroxylation is 1. The summed E-state index contributed by atoms with van der Waals surface area (Å²) in [4.78, 5) is 0. The number of nitrogens with zero attached hydrogens (tertiary/aromatic N) is 1. The fourth-order valence-electron chi connectivity index (χ4n) is 1.53. The minimum absolute atomic E-state index is 0.250. The van der Waals surface area contributed by atoms with E-state index in [0.717, 1.165) is 17.0 Å². The van der Waals surface area contributed by atoms with Crippen LogP contribution in [-0.4, -0.2) is 5.71 Å². The highest BCUT2D eigenvalue weighted by Crippen LogP contribution is 2.09. The molecule has 0 unspecified atom stereocenters. The second-order valence-corrected chi connectivity index (χ2v) is 4.18. The largest absolute Gasteiger partial charge is 0.278 e. The molecule has 2 nitrogen and oxygen atoms in total. The molecule has 0 aliphatic rings. The fourth-order valence-corrected chi connectivity index (χ4v) is 1.53. The smallest absolute Gasteiger partial charge is 0.123 e. The summed E-state index contributed by atoms with van der Waals surface area (Å²) < 4.78 is 12.7. The maximum atomic E-state index is 12.7. The molecule has 2 aromatic carbocycles. The molecule has 0 amide bonds. The maximum Gasteiger partial charge on any atom is 0.123 e. The van der Waals surface area contributed by atoms with Crippen LogP contribution in [0.3, 0.4) is 0 Å². The molecule has 0 spiro atoms. The Balaban J connectivity index is 2.09. The molecule has 0 saturated heterocycles. The van der Waals surface area contributed by atoms with Crippen molar-refractivity contribution in [3.05, 3.63) is 65.5 Å². The SMILES string of the molecule is C/C(=N\Nc1ccc(F)cc1)c1ccc(C)cc1. The van der Waals surface area contributed by atoms with Crippen LogP contribution in [0.1, 0.15) is 18.1 Å². The molecule has 0 aliphatic heterocycles. The number of nitrogens with one attached hydrogen (secondary N) is 1. The Bertz CT molecular complexity index is 542. The monoisotopic (exact) mass is 242 g/mol. The van der Waals surface area contributed by atoms with E-state index in [4.69, 9.17) is 0 Å². The number of hydrazone groups is 1. The molecule has 0 fully saturated rings. The number of rotatable bonds is 3. The fraction of sp³-hybridized carbons (Fsp3) is 0.133. The molecular weight excluding hydrogens is 227 g/mol. The lowest BCUT2D eigenvalue weighted by Gasteiger charge is -2.04. The number of halogens is 1. The number of hydrogen-bond donors (Lipinski definition) is 1. The Morgan fingerprint density at radius 3 is 2.22 bits per heavy atom. The molecule has 92 valence electrons. The quantitative estimate of drug-likeness (QED) is 0.639.